The summed E-state index contributed by atoms with van der Waals surface area (Å²) in [5.74, 6) is 3.25. The molecule has 22 heavy (non-hydrogen) atoms. The van der Waals surface area contributed by atoms with E-state index in [1.165, 1.54) is 12.8 Å². The first-order chi connectivity index (χ1) is 9.83. The molecule has 6 atom stereocenters. The molecule has 6 unspecified atom stereocenters. The molecule has 0 heterocycles. The van der Waals surface area contributed by atoms with Gasteiger partial charge in [-0.15, -0.1) is 0 Å². The highest BCUT2D eigenvalue weighted by molar-refractivity contribution is 6.11. The van der Waals surface area contributed by atoms with Gasteiger partial charge in [0.15, 0.2) is 0 Å². The SMILES string of the molecule is BC(C)C(C(C(C)N)C(C)C(C)(C)CC)C(C)C(C)(C)CC. The van der Waals surface area contributed by atoms with E-state index in [-0.39, 0.29) is 6.04 Å². The summed E-state index contributed by atoms with van der Waals surface area (Å²) in [5.41, 5.74) is 7.27. The Morgan fingerprint density at radius 2 is 1.09 bits per heavy atom. The number of hydrogen-bond donors (Lipinski definition) is 1. The van der Waals surface area contributed by atoms with Crippen LogP contribution < -0.4 is 5.73 Å². The van der Waals surface area contributed by atoms with E-state index in [1.807, 2.05) is 0 Å². The van der Waals surface area contributed by atoms with Crippen LogP contribution in [-0.2, 0) is 0 Å². The first-order valence-corrected chi connectivity index (χ1v) is 9.59. The molecule has 0 saturated carbocycles. The molecule has 0 bridgehead atoms. The van der Waals surface area contributed by atoms with E-state index >= 15 is 0 Å². The van der Waals surface area contributed by atoms with Gasteiger partial charge in [-0.2, -0.15) is 0 Å². The van der Waals surface area contributed by atoms with Gasteiger partial charge >= 0.3 is 0 Å². The van der Waals surface area contributed by atoms with E-state index in [1.54, 1.807) is 0 Å². The van der Waals surface area contributed by atoms with Crippen LogP contribution in [0.2, 0.25) is 5.82 Å². The second-order valence-electron chi connectivity index (χ2n) is 9.52. The highest BCUT2D eigenvalue weighted by Gasteiger charge is 2.43. The third-order valence-electron chi connectivity index (χ3n) is 7.26. The van der Waals surface area contributed by atoms with Crippen LogP contribution in [0.5, 0.6) is 0 Å². The Bertz CT molecular complexity index is 288. The van der Waals surface area contributed by atoms with Crippen LogP contribution >= 0.6 is 0 Å². The topological polar surface area (TPSA) is 26.0 Å². The fourth-order valence-corrected chi connectivity index (χ4v) is 4.18. The molecule has 0 aromatic rings. The minimum Gasteiger partial charge on any atom is -0.328 e. The lowest BCUT2D eigenvalue weighted by atomic mass is 9.54. The van der Waals surface area contributed by atoms with Gasteiger partial charge in [0.1, 0.15) is 7.85 Å². The van der Waals surface area contributed by atoms with E-state index in [9.17, 15) is 0 Å². The van der Waals surface area contributed by atoms with Gasteiger partial charge in [0.2, 0.25) is 0 Å². The highest BCUT2D eigenvalue weighted by Crippen LogP contribution is 2.49. The predicted molar refractivity (Wildman–Crippen MR) is 105 cm³/mol. The molecular weight excluding hydrogens is 265 g/mol. The van der Waals surface area contributed by atoms with Crippen molar-refractivity contribution in [2.24, 2.45) is 40.2 Å². The maximum Gasteiger partial charge on any atom is 0.105 e. The largest absolute Gasteiger partial charge is 0.328 e. The third-order valence-corrected chi connectivity index (χ3v) is 7.26. The second-order valence-corrected chi connectivity index (χ2v) is 9.52. The fraction of sp³-hybridized carbons (Fsp3) is 1.00. The van der Waals surface area contributed by atoms with Gasteiger partial charge in [-0.05, 0) is 41.4 Å². The Kier molecular flexibility index (Phi) is 8.23. The zero-order chi connectivity index (χ0) is 17.9. The summed E-state index contributed by atoms with van der Waals surface area (Å²) in [6, 6.07) is 0.253. The van der Waals surface area contributed by atoms with E-state index in [4.69, 9.17) is 5.73 Å². The standard InChI is InChI=1S/C20H44BN/c1-11-19(7,8)13(3)17(15(5)21)18(16(6)22)14(4)20(9,10)12-2/h13-18H,11-12,21-22H2,1-10H3. The Balaban J connectivity index is 5.75. The van der Waals surface area contributed by atoms with Crippen LogP contribution in [0.25, 0.3) is 0 Å². The van der Waals surface area contributed by atoms with Crippen molar-refractivity contribution in [3.63, 3.8) is 0 Å². The molecule has 2 N–H and O–H groups in total. The maximum atomic E-state index is 6.55. The summed E-state index contributed by atoms with van der Waals surface area (Å²) in [4.78, 5) is 0. The van der Waals surface area contributed by atoms with Crippen molar-refractivity contribution in [2.75, 3.05) is 0 Å². The van der Waals surface area contributed by atoms with E-state index in [0.717, 1.165) is 0 Å². The molecule has 0 spiro atoms. The summed E-state index contributed by atoms with van der Waals surface area (Å²) >= 11 is 0. The van der Waals surface area contributed by atoms with Crippen LogP contribution in [-0.4, -0.2) is 13.9 Å². The van der Waals surface area contributed by atoms with Gasteiger partial charge in [0.25, 0.3) is 0 Å². The Hall–Kier alpha value is 0.0249. The zero-order valence-corrected chi connectivity index (χ0v) is 17.5. The van der Waals surface area contributed by atoms with Crippen molar-refractivity contribution in [3.8, 4) is 0 Å². The zero-order valence-electron chi connectivity index (χ0n) is 17.5. The van der Waals surface area contributed by atoms with E-state index in [0.29, 0.717) is 40.3 Å². The Morgan fingerprint density at radius 1 is 0.773 bits per heavy atom. The molecule has 0 radical (unpaired) electrons. The van der Waals surface area contributed by atoms with Gasteiger partial charge in [0, 0.05) is 6.04 Å². The molecule has 2 heteroatoms. The molecule has 0 amide bonds. The summed E-state index contributed by atoms with van der Waals surface area (Å²) in [6.07, 6.45) is 2.45. The molecular formula is C20H44BN. The Morgan fingerprint density at radius 3 is 1.32 bits per heavy atom. The van der Waals surface area contributed by atoms with E-state index in [2.05, 4.69) is 77.1 Å². The smallest absolute Gasteiger partial charge is 0.105 e. The van der Waals surface area contributed by atoms with Crippen molar-refractivity contribution in [3.05, 3.63) is 0 Å². The van der Waals surface area contributed by atoms with Gasteiger partial charge in [0.05, 0.1) is 0 Å². The fourth-order valence-electron chi connectivity index (χ4n) is 4.18. The average molecular weight is 309 g/mol. The summed E-state index contributed by atoms with van der Waals surface area (Å²) in [6.45, 7) is 23.9. The average Bonchev–Trinajstić information content (AvgIpc) is 2.42. The number of hydrogen-bond acceptors (Lipinski definition) is 1. The van der Waals surface area contributed by atoms with Crippen LogP contribution in [0, 0.1) is 34.5 Å². The lowest BCUT2D eigenvalue weighted by Crippen LogP contribution is -2.47. The van der Waals surface area contributed by atoms with Crippen LogP contribution in [0.15, 0.2) is 0 Å². The van der Waals surface area contributed by atoms with Crippen molar-refractivity contribution in [2.45, 2.75) is 93.9 Å². The Labute approximate surface area is 142 Å². The first-order valence-electron chi connectivity index (χ1n) is 9.59. The predicted octanol–water partition coefficient (Wildman–Crippen LogP) is 5.15. The molecule has 1 nitrogen and oxygen atoms in total. The minimum atomic E-state index is 0.253. The summed E-state index contributed by atoms with van der Waals surface area (Å²) in [5, 5.41) is 0. The number of rotatable bonds is 9. The lowest BCUT2D eigenvalue weighted by Gasteiger charge is -2.49. The molecule has 0 saturated heterocycles. The van der Waals surface area contributed by atoms with Crippen LogP contribution in [0.1, 0.15) is 82.1 Å². The molecule has 0 fully saturated rings. The summed E-state index contributed by atoms with van der Waals surface area (Å²) < 4.78 is 0. The second kappa shape index (κ2) is 8.22. The monoisotopic (exact) mass is 309 g/mol. The molecule has 0 aliphatic rings. The van der Waals surface area contributed by atoms with E-state index < -0.39 is 0 Å². The molecule has 0 aromatic heterocycles. The van der Waals surface area contributed by atoms with Gasteiger partial charge in [-0.1, -0.05) is 81.0 Å². The highest BCUT2D eigenvalue weighted by atomic mass is 14.7. The third kappa shape index (κ3) is 5.01. The number of nitrogens with two attached hydrogens (primary N) is 1. The quantitative estimate of drug-likeness (QED) is 0.585. The van der Waals surface area contributed by atoms with Crippen molar-refractivity contribution in [1.82, 2.24) is 0 Å². The normalized spacial score (nSPS) is 21.8. The van der Waals surface area contributed by atoms with Crippen molar-refractivity contribution in [1.29, 1.82) is 0 Å². The minimum absolute atomic E-state index is 0.253. The molecule has 0 rings (SSSR count). The maximum absolute atomic E-state index is 6.55. The van der Waals surface area contributed by atoms with Gasteiger partial charge in [-0.25, -0.2) is 0 Å². The molecule has 132 valence electrons. The van der Waals surface area contributed by atoms with Crippen molar-refractivity contribution < 1.29 is 0 Å². The molecule has 0 aliphatic carbocycles. The van der Waals surface area contributed by atoms with Crippen LogP contribution in [0.4, 0.5) is 0 Å². The molecule has 0 aromatic carbocycles. The van der Waals surface area contributed by atoms with Crippen LogP contribution in [0.3, 0.4) is 0 Å². The lowest BCUT2D eigenvalue weighted by molar-refractivity contribution is 0.0260. The van der Waals surface area contributed by atoms with Gasteiger partial charge in [-0.3, -0.25) is 0 Å². The summed E-state index contributed by atoms with van der Waals surface area (Å²) in [7, 11) is 2.40. The van der Waals surface area contributed by atoms with Gasteiger partial charge < -0.3 is 5.73 Å². The first kappa shape index (κ1) is 22.0. The van der Waals surface area contributed by atoms with Crippen molar-refractivity contribution >= 4 is 7.85 Å². The molecule has 0 aliphatic heterocycles.